The fourth-order valence-electron chi connectivity index (χ4n) is 1.13. The molecule has 2 heterocycles. The van der Waals surface area contributed by atoms with E-state index in [0.29, 0.717) is 22.7 Å². The number of nitrogens with zero attached hydrogens (tertiary/aromatic N) is 3. The van der Waals surface area contributed by atoms with E-state index in [2.05, 4.69) is 20.3 Å². The van der Waals surface area contributed by atoms with Crippen LogP contribution in [-0.4, -0.2) is 15.0 Å². The zero-order valence-corrected chi connectivity index (χ0v) is 9.70. The molecule has 0 bridgehead atoms. The van der Waals surface area contributed by atoms with Crippen molar-refractivity contribution in [2.45, 2.75) is 6.54 Å². The first-order valence-electron chi connectivity index (χ1n) is 4.56. The van der Waals surface area contributed by atoms with Crippen molar-refractivity contribution in [2.24, 2.45) is 0 Å². The second-order valence-electron chi connectivity index (χ2n) is 3.07. The maximum absolute atomic E-state index is 5.73. The fourth-order valence-corrected chi connectivity index (χ4v) is 1.39. The zero-order valence-electron chi connectivity index (χ0n) is 8.19. The summed E-state index contributed by atoms with van der Waals surface area (Å²) < 4.78 is 0. The predicted molar refractivity (Wildman–Crippen MR) is 63.6 cm³/mol. The van der Waals surface area contributed by atoms with Crippen molar-refractivity contribution in [1.82, 2.24) is 15.0 Å². The van der Waals surface area contributed by atoms with E-state index in [0.717, 1.165) is 5.56 Å². The highest BCUT2D eigenvalue weighted by atomic mass is 35.5. The summed E-state index contributed by atoms with van der Waals surface area (Å²) in [5.74, 6) is 0.676. The van der Waals surface area contributed by atoms with Crippen molar-refractivity contribution < 1.29 is 0 Å². The summed E-state index contributed by atoms with van der Waals surface area (Å²) in [5, 5.41) is 3.99. The molecule has 0 spiro atoms. The van der Waals surface area contributed by atoms with Crippen LogP contribution in [0.2, 0.25) is 10.3 Å². The number of hydrogen-bond donors (Lipinski definition) is 1. The molecule has 0 aromatic carbocycles. The third-order valence-corrected chi connectivity index (χ3v) is 2.33. The SMILES string of the molecule is Clc1ccc(CNc2cc(Cl)ncn2)cn1. The average Bonchev–Trinajstić information content (AvgIpc) is 2.28. The van der Waals surface area contributed by atoms with E-state index in [1.807, 2.05) is 6.07 Å². The molecule has 6 heteroatoms. The van der Waals surface area contributed by atoms with Crippen molar-refractivity contribution in [1.29, 1.82) is 0 Å². The van der Waals surface area contributed by atoms with E-state index >= 15 is 0 Å². The van der Waals surface area contributed by atoms with E-state index in [1.165, 1.54) is 6.33 Å². The summed E-state index contributed by atoms with van der Waals surface area (Å²) in [5.41, 5.74) is 1.01. The van der Waals surface area contributed by atoms with E-state index < -0.39 is 0 Å². The van der Waals surface area contributed by atoms with Gasteiger partial charge in [0, 0.05) is 18.8 Å². The minimum atomic E-state index is 0.409. The van der Waals surface area contributed by atoms with Crippen LogP contribution in [0, 0.1) is 0 Å². The Morgan fingerprint density at radius 2 is 1.94 bits per heavy atom. The molecule has 0 aliphatic rings. The predicted octanol–water partition coefficient (Wildman–Crippen LogP) is 2.79. The van der Waals surface area contributed by atoms with Gasteiger partial charge in [0.15, 0.2) is 0 Å². The smallest absolute Gasteiger partial charge is 0.134 e. The summed E-state index contributed by atoms with van der Waals surface area (Å²) in [6.07, 6.45) is 3.11. The van der Waals surface area contributed by atoms with Gasteiger partial charge in [-0.25, -0.2) is 15.0 Å². The van der Waals surface area contributed by atoms with Gasteiger partial charge in [0.1, 0.15) is 22.5 Å². The quantitative estimate of drug-likeness (QED) is 0.676. The van der Waals surface area contributed by atoms with Crippen molar-refractivity contribution in [3.05, 3.63) is 46.6 Å². The monoisotopic (exact) mass is 254 g/mol. The third-order valence-electron chi connectivity index (χ3n) is 1.90. The molecule has 1 N–H and O–H groups in total. The van der Waals surface area contributed by atoms with Crippen LogP contribution < -0.4 is 5.32 Å². The largest absolute Gasteiger partial charge is 0.366 e. The first kappa shape index (κ1) is 11.1. The molecule has 0 saturated carbocycles. The molecule has 2 aromatic heterocycles. The maximum Gasteiger partial charge on any atom is 0.134 e. The molecule has 2 aromatic rings. The second-order valence-corrected chi connectivity index (χ2v) is 3.84. The number of halogens is 2. The van der Waals surface area contributed by atoms with Crippen LogP contribution in [-0.2, 0) is 6.54 Å². The van der Waals surface area contributed by atoms with Crippen molar-refractivity contribution >= 4 is 29.0 Å². The van der Waals surface area contributed by atoms with Gasteiger partial charge in [-0.2, -0.15) is 0 Å². The molecular weight excluding hydrogens is 247 g/mol. The second kappa shape index (κ2) is 5.09. The van der Waals surface area contributed by atoms with Crippen molar-refractivity contribution in [3.8, 4) is 0 Å². The molecule has 0 aliphatic heterocycles. The van der Waals surface area contributed by atoms with E-state index in [-0.39, 0.29) is 0 Å². The summed E-state index contributed by atoms with van der Waals surface area (Å²) in [6, 6.07) is 5.29. The number of pyridine rings is 1. The van der Waals surface area contributed by atoms with Crippen LogP contribution in [0.1, 0.15) is 5.56 Å². The highest BCUT2D eigenvalue weighted by Crippen LogP contribution is 2.11. The van der Waals surface area contributed by atoms with Crippen LogP contribution in [0.25, 0.3) is 0 Å². The minimum Gasteiger partial charge on any atom is -0.366 e. The van der Waals surface area contributed by atoms with Gasteiger partial charge in [-0.1, -0.05) is 29.3 Å². The molecular formula is C10H8Cl2N4. The summed E-state index contributed by atoms with van der Waals surface area (Å²) in [4.78, 5) is 11.8. The first-order chi connectivity index (χ1) is 7.74. The van der Waals surface area contributed by atoms with Gasteiger partial charge in [0.25, 0.3) is 0 Å². The van der Waals surface area contributed by atoms with Gasteiger partial charge in [0.05, 0.1) is 0 Å². The summed E-state index contributed by atoms with van der Waals surface area (Å²) in [6.45, 7) is 0.609. The number of rotatable bonds is 3. The Kier molecular flexibility index (Phi) is 3.54. The van der Waals surface area contributed by atoms with Gasteiger partial charge in [-0.05, 0) is 11.6 Å². The number of anilines is 1. The van der Waals surface area contributed by atoms with Crippen LogP contribution in [0.3, 0.4) is 0 Å². The normalized spacial score (nSPS) is 10.1. The lowest BCUT2D eigenvalue weighted by Crippen LogP contribution is -2.01. The Morgan fingerprint density at radius 3 is 2.62 bits per heavy atom. The molecule has 0 radical (unpaired) electrons. The molecule has 16 heavy (non-hydrogen) atoms. The Morgan fingerprint density at radius 1 is 1.06 bits per heavy atom. The Hall–Kier alpha value is -1.39. The van der Waals surface area contributed by atoms with Crippen molar-refractivity contribution in [3.63, 3.8) is 0 Å². The van der Waals surface area contributed by atoms with E-state index in [1.54, 1.807) is 18.3 Å². The zero-order chi connectivity index (χ0) is 11.4. The fraction of sp³-hybridized carbons (Fsp3) is 0.100. The van der Waals surface area contributed by atoms with Crippen LogP contribution in [0.15, 0.2) is 30.7 Å². The number of nitrogens with one attached hydrogen (secondary N) is 1. The first-order valence-corrected chi connectivity index (χ1v) is 5.31. The van der Waals surface area contributed by atoms with Gasteiger partial charge in [-0.3, -0.25) is 0 Å². The number of hydrogen-bond acceptors (Lipinski definition) is 4. The standard InChI is InChI=1S/C10H8Cl2N4/c11-8-2-1-7(4-13-8)5-14-10-3-9(12)15-6-16-10/h1-4,6H,5H2,(H,14,15,16). The van der Waals surface area contributed by atoms with Crippen molar-refractivity contribution in [2.75, 3.05) is 5.32 Å². The van der Waals surface area contributed by atoms with Crippen LogP contribution in [0.4, 0.5) is 5.82 Å². The van der Waals surface area contributed by atoms with Gasteiger partial charge < -0.3 is 5.32 Å². The lowest BCUT2D eigenvalue weighted by molar-refractivity contribution is 1.07. The molecule has 0 aliphatic carbocycles. The Balaban J connectivity index is 1.99. The molecule has 2 rings (SSSR count). The van der Waals surface area contributed by atoms with E-state index in [9.17, 15) is 0 Å². The minimum absolute atomic E-state index is 0.409. The molecule has 0 amide bonds. The summed E-state index contributed by atoms with van der Waals surface area (Å²) >= 11 is 11.4. The van der Waals surface area contributed by atoms with Crippen LogP contribution in [0.5, 0.6) is 0 Å². The molecule has 4 nitrogen and oxygen atoms in total. The molecule has 0 unspecified atom stereocenters. The highest BCUT2D eigenvalue weighted by Gasteiger charge is 1.97. The van der Waals surface area contributed by atoms with Gasteiger partial charge in [0.2, 0.25) is 0 Å². The van der Waals surface area contributed by atoms with E-state index in [4.69, 9.17) is 23.2 Å². The average molecular weight is 255 g/mol. The Bertz CT molecular complexity index is 473. The van der Waals surface area contributed by atoms with Gasteiger partial charge in [-0.15, -0.1) is 0 Å². The Labute approximate surface area is 103 Å². The van der Waals surface area contributed by atoms with Gasteiger partial charge >= 0.3 is 0 Å². The lowest BCUT2D eigenvalue weighted by Gasteiger charge is -2.04. The topological polar surface area (TPSA) is 50.7 Å². The lowest BCUT2D eigenvalue weighted by atomic mass is 10.3. The molecule has 0 atom stereocenters. The third kappa shape index (κ3) is 3.05. The molecule has 0 saturated heterocycles. The highest BCUT2D eigenvalue weighted by molar-refractivity contribution is 6.29. The number of aromatic nitrogens is 3. The molecule has 0 fully saturated rings. The van der Waals surface area contributed by atoms with Crippen LogP contribution >= 0.6 is 23.2 Å². The summed E-state index contributed by atoms with van der Waals surface area (Å²) in [7, 11) is 0. The maximum atomic E-state index is 5.73. The molecule has 82 valence electrons.